The van der Waals surface area contributed by atoms with Crippen molar-refractivity contribution in [3.8, 4) is 0 Å². The summed E-state index contributed by atoms with van der Waals surface area (Å²) in [5.41, 5.74) is 0.815. The predicted molar refractivity (Wildman–Crippen MR) is 67.3 cm³/mol. The van der Waals surface area contributed by atoms with Gasteiger partial charge in [-0.25, -0.2) is 0 Å². The van der Waals surface area contributed by atoms with Gasteiger partial charge in [0.25, 0.3) is 0 Å². The van der Waals surface area contributed by atoms with Crippen LogP contribution in [-0.4, -0.2) is 17.7 Å². The third-order valence-electron chi connectivity index (χ3n) is 2.04. The molecule has 0 fully saturated rings. The lowest BCUT2D eigenvalue weighted by Gasteiger charge is -2.15. The van der Waals surface area contributed by atoms with Crippen LogP contribution in [0.2, 0.25) is 5.02 Å². The van der Waals surface area contributed by atoms with Gasteiger partial charge in [0, 0.05) is 22.1 Å². The summed E-state index contributed by atoms with van der Waals surface area (Å²) < 4.78 is 0.880. The van der Waals surface area contributed by atoms with Gasteiger partial charge in [-0.15, -0.1) is 0 Å². The molecule has 0 aromatic heterocycles. The average Bonchev–Trinajstić information content (AvgIpc) is 2.18. The summed E-state index contributed by atoms with van der Waals surface area (Å²) in [7, 11) is 0. The number of rotatable bonds is 4. The summed E-state index contributed by atoms with van der Waals surface area (Å²) in [6, 6.07) is 5.77. The average molecular weight is 293 g/mol. The number of nitrogens with one attached hydrogen (secondary N) is 1. The van der Waals surface area contributed by atoms with Gasteiger partial charge in [0.2, 0.25) is 0 Å². The minimum Gasteiger partial charge on any atom is -0.387 e. The lowest BCUT2D eigenvalue weighted by atomic mass is 10.1. The number of aliphatic hydroxyl groups is 1. The first-order valence-electron chi connectivity index (χ1n) is 4.87. The molecule has 2 nitrogen and oxygen atoms in total. The largest absolute Gasteiger partial charge is 0.387 e. The van der Waals surface area contributed by atoms with Crippen molar-refractivity contribution in [1.82, 2.24) is 5.32 Å². The molecule has 4 heteroatoms. The second-order valence-electron chi connectivity index (χ2n) is 3.74. The van der Waals surface area contributed by atoms with Crippen LogP contribution >= 0.6 is 27.5 Å². The van der Waals surface area contributed by atoms with E-state index >= 15 is 0 Å². The van der Waals surface area contributed by atoms with E-state index in [2.05, 4.69) is 21.2 Å². The van der Waals surface area contributed by atoms with Gasteiger partial charge < -0.3 is 10.4 Å². The molecule has 15 heavy (non-hydrogen) atoms. The van der Waals surface area contributed by atoms with Crippen molar-refractivity contribution in [2.45, 2.75) is 26.0 Å². The van der Waals surface area contributed by atoms with Gasteiger partial charge in [0.1, 0.15) is 0 Å². The topological polar surface area (TPSA) is 32.3 Å². The lowest BCUT2D eigenvalue weighted by Crippen LogP contribution is -2.28. The Morgan fingerprint density at radius 1 is 1.47 bits per heavy atom. The second kappa shape index (κ2) is 5.85. The summed E-state index contributed by atoms with van der Waals surface area (Å²) >= 11 is 9.26. The lowest BCUT2D eigenvalue weighted by molar-refractivity contribution is 0.171. The highest BCUT2D eigenvalue weighted by molar-refractivity contribution is 9.10. The van der Waals surface area contributed by atoms with Gasteiger partial charge in [0.15, 0.2) is 0 Å². The highest BCUT2D eigenvalue weighted by Crippen LogP contribution is 2.26. The van der Waals surface area contributed by atoms with Crippen LogP contribution in [0.15, 0.2) is 22.7 Å². The zero-order chi connectivity index (χ0) is 11.4. The van der Waals surface area contributed by atoms with Crippen LogP contribution in [0.3, 0.4) is 0 Å². The van der Waals surface area contributed by atoms with Crippen LogP contribution in [0.4, 0.5) is 0 Å². The van der Waals surface area contributed by atoms with E-state index in [1.165, 1.54) is 0 Å². The Morgan fingerprint density at radius 3 is 2.73 bits per heavy atom. The summed E-state index contributed by atoms with van der Waals surface area (Å²) in [6.07, 6.45) is -0.541. The van der Waals surface area contributed by atoms with Gasteiger partial charge in [0.05, 0.1) is 6.10 Å². The minimum absolute atomic E-state index is 0.359. The maximum Gasteiger partial charge on any atom is 0.0925 e. The molecule has 0 aliphatic carbocycles. The molecular weight excluding hydrogens is 277 g/mol. The molecule has 0 bridgehead atoms. The van der Waals surface area contributed by atoms with E-state index in [1.54, 1.807) is 12.1 Å². The molecule has 0 radical (unpaired) electrons. The maximum absolute atomic E-state index is 9.92. The molecule has 0 heterocycles. The van der Waals surface area contributed by atoms with Gasteiger partial charge in [-0.1, -0.05) is 41.4 Å². The Morgan fingerprint density at radius 2 is 2.13 bits per heavy atom. The van der Waals surface area contributed by atoms with Gasteiger partial charge in [-0.05, 0) is 23.8 Å². The molecule has 0 saturated carbocycles. The summed E-state index contributed by atoms with van der Waals surface area (Å²) in [6.45, 7) is 4.61. The second-order valence-corrected chi connectivity index (χ2v) is 5.04. The molecule has 0 aliphatic heterocycles. The number of hydrogen-bond donors (Lipinski definition) is 2. The fraction of sp³-hybridized carbons (Fsp3) is 0.455. The van der Waals surface area contributed by atoms with Gasteiger partial charge >= 0.3 is 0 Å². The van der Waals surface area contributed by atoms with Crippen molar-refractivity contribution in [1.29, 1.82) is 0 Å². The summed E-state index contributed by atoms with van der Waals surface area (Å²) in [5.74, 6) is 0. The zero-order valence-electron chi connectivity index (χ0n) is 8.80. The van der Waals surface area contributed by atoms with E-state index in [0.717, 1.165) is 10.0 Å². The van der Waals surface area contributed by atoms with Gasteiger partial charge in [-0.2, -0.15) is 0 Å². The van der Waals surface area contributed by atoms with E-state index in [9.17, 15) is 5.11 Å². The molecule has 0 spiro atoms. The molecule has 1 aromatic rings. The third-order valence-corrected chi connectivity index (χ3v) is 2.99. The molecule has 1 rings (SSSR count). The molecular formula is C11H15BrClNO. The number of hydrogen-bond acceptors (Lipinski definition) is 2. The Kier molecular flexibility index (Phi) is 5.06. The minimum atomic E-state index is -0.541. The molecule has 1 unspecified atom stereocenters. The van der Waals surface area contributed by atoms with E-state index in [0.29, 0.717) is 17.6 Å². The molecule has 0 aliphatic rings. The van der Waals surface area contributed by atoms with E-state index in [4.69, 9.17) is 11.6 Å². The fourth-order valence-electron chi connectivity index (χ4n) is 1.23. The first-order chi connectivity index (χ1) is 7.00. The molecule has 2 N–H and O–H groups in total. The molecule has 0 amide bonds. The first kappa shape index (κ1) is 13.0. The smallest absolute Gasteiger partial charge is 0.0925 e. The van der Waals surface area contributed by atoms with E-state index in [1.807, 2.05) is 19.9 Å². The molecule has 0 saturated heterocycles. The number of halogens is 2. The Bertz CT molecular complexity index is 330. The van der Waals surface area contributed by atoms with Crippen LogP contribution in [0.25, 0.3) is 0 Å². The molecule has 1 aromatic carbocycles. The molecule has 1 atom stereocenters. The zero-order valence-corrected chi connectivity index (χ0v) is 11.1. The first-order valence-corrected chi connectivity index (χ1v) is 6.04. The maximum atomic E-state index is 9.92. The van der Waals surface area contributed by atoms with E-state index in [-0.39, 0.29) is 0 Å². The highest BCUT2D eigenvalue weighted by atomic mass is 79.9. The van der Waals surface area contributed by atoms with Gasteiger partial charge in [-0.3, -0.25) is 0 Å². The van der Waals surface area contributed by atoms with Crippen molar-refractivity contribution >= 4 is 27.5 Å². The Hall–Kier alpha value is -0.0900. The van der Waals surface area contributed by atoms with Crippen molar-refractivity contribution in [2.75, 3.05) is 6.54 Å². The normalized spacial score (nSPS) is 13.2. The SMILES string of the molecule is CC(C)NCC(O)c1cc(Cl)ccc1Br. The van der Waals surface area contributed by atoms with E-state index < -0.39 is 6.10 Å². The van der Waals surface area contributed by atoms with Crippen LogP contribution in [-0.2, 0) is 0 Å². The van der Waals surface area contributed by atoms with Crippen LogP contribution in [0.1, 0.15) is 25.5 Å². The fourth-order valence-corrected chi connectivity index (χ4v) is 1.92. The van der Waals surface area contributed by atoms with Crippen molar-refractivity contribution < 1.29 is 5.11 Å². The number of benzene rings is 1. The third kappa shape index (κ3) is 4.11. The van der Waals surface area contributed by atoms with Crippen LogP contribution in [0, 0.1) is 0 Å². The number of aliphatic hydroxyl groups excluding tert-OH is 1. The standard InChI is InChI=1S/C11H15BrClNO/c1-7(2)14-6-11(15)9-5-8(13)3-4-10(9)12/h3-5,7,11,14-15H,6H2,1-2H3. The van der Waals surface area contributed by atoms with Crippen LogP contribution in [0.5, 0.6) is 0 Å². The monoisotopic (exact) mass is 291 g/mol. The quantitative estimate of drug-likeness (QED) is 0.893. The van der Waals surface area contributed by atoms with Crippen molar-refractivity contribution in [2.24, 2.45) is 0 Å². The summed E-state index contributed by atoms with van der Waals surface area (Å²) in [5, 5.41) is 13.7. The summed E-state index contributed by atoms with van der Waals surface area (Å²) in [4.78, 5) is 0. The van der Waals surface area contributed by atoms with Crippen LogP contribution < -0.4 is 5.32 Å². The predicted octanol–water partition coefficient (Wildman–Crippen LogP) is 3.13. The highest BCUT2D eigenvalue weighted by Gasteiger charge is 2.11. The Balaban J connectivity index is 2.72. The van der Waals surface area contributed by atoms with Crippen molar-refractivity contribution in [3.05, 3.63) is 33.3 Å². The Labute approximate surface area is 104 Å². The molecule has 84 valence electrons. The van der Waals surface area contributed by atoms with Crippen molar-refractivity contribution in [3.63, 3.8) is 0 Å².